The summed E-state index contributed by atoms with van der Waals surface area (Å²) in [5, 5.41) is -0.452. The van der Waals surface area contributed by atoms with Gasteiger partial charge in [-0.25, -0.2) is 17.5 Å². The molecule has 0 saturated heterocycles. The van der Waals surface area contributed by atoms with Crippen molar-refractivity contribution in [3.05, 3.63) is 29.6 Å². The molecule has 130 valence electrons. The number of ether oxygens (including phenoxy) is 1. The summed E-state index contributed by atoms with van der Waals surface area (Å²) in [5.41, 5.74) is 0.000724. The van der Waals surface area contributed by atoms with E-state index in [4.69, 9.17) is 4.74 Å². The summed E-state index contributed by atoms with van der Waals surface area (Å²) in [7, 11) is -3.44. The lowest BCUT2D eigenvalue weighted by Gasteiger charge is -2.40. The molecule has 1 heterocycles. The van der Waals surface area contributed by atoms with Gasteiger partial charge in [-0.05, 0) is 57.4 Å². The van der Waals surface area contributed by atoms with Gasteiger partial charge in [0.1, 0.15) is 17.2 Å². The Morgan fingerprint density at radius 2 is 2.13 bits per heavy atom. The van der Waals surface area contributed by atoms with Crippen LogP contribution < -0.4 is 9.46 Å². The number of hydrogen-bond acceptors (Lipinski definition) is 3. The molecular weight excluding hydrogens is 317 g/mol. The fourth-order valence-electron chi connectivity index (χ4n) is 2.77. The molecule has 0 aromatic heterocycles. The van der Waals surface area contributed by atoms with Crippen molar-refractivity contribution in [3.63, 3.8) is 0 Å². The number of nitrogens with one attached hydrogen (secondary N) is 1. The van der Waals surface area contributed by atoms with Crippen LogP contribution in [0, 0.1) is 5.82 Å². The lowest BCUT2D eigenvalue weighted by Crippen LogP contribution is -2.57. The quantitative estimate of drug-likeness (QED) is 0.861. The summed E-state index contributed by atoms with van der Waals surface area (Å²) in [6, 6.07) is 3.94. The van der Waals surface area contributed by atoms with Crippen molar-refractivity contribution in [2.24, 2.45) is 0 Å². The second-order valence-electron chi connectivity index (χ2n) is 6.83. The van der Waals surface area contributed by atoms with E-state index in [0.29, 0.717) is 24.2 Å². The molecule has 2 unspecified atom stereocenters. The Balaban J connectivity index is 2.19. The van der Waals surface area contributed by atoms with Gasteiger partial charge in [0.15, 0.2) is 0 Å². The number of sulfonamides is 1. The summed E-state index contributed by atoms with van der Waals surface area (Å²) in [4.78, 5) is 0. The SMILES string of the molecule is CCCCC(C)S(=O)(=O)NC1Cc2cc(F)ccc2OC1(C)C. The van der Waals surface area contributed by atoms with E-state index in [1.165, 1.54) is 12.1 Å². The average Bonchev–Trinajstić information content (AvgIpc) is 2.45. The van der Waals surface area contributed by atoms with Gasteiger partial charge in [-0.3, -0.25) is 0 Å². The summed E-state index contributed by atoms with van der Waals surface area (Å²) in [6.07, 6.45) is 2.89. The Bertz CT molecular complexity index is 658. The van der Waals surface area contributed by atoms with Gasteiger partial charge in [0.25, 0.3) is 0 Å². The lowest BCUT2D eigenvalue weighted by atomic mass is 9.89. The third-order valence-corrected chi connectivity index (χ3v) is 6.37. The zero-order chi connectivity index (χ0) is 17.3. The van der Waals surface area contributed by atoms with Crippen molar-refractivity contribution in [1.82, 2.24) is 4.72 Å². The number of rotatable bonds is 6. The molecule has 23 heavy (non-hydrogen) atoms. The minimum atomic E-state index is -3.44. The number of unbranched alkanes of at least 4 members (excludes halogenated alkanes) is 1. The first-order valence-corrected chi connectivity index (χ1v) is 9.69. The van der Waals surface area contributed by atoms with Gasteiger partial charge in [0.2, 0.25) is 10.0 Å². The third kappa shape index (κ3) is 4.23. The predicted molar refractivity (Wildman–Crippen MR) is 89.6 cm³/mol. The Morgan fingerprint density at radius 3 is 2.78 bits per heavy atom. The molecule has 0 bridgehead atoms. The Kier molecular flexibility index (Phi) is 5.36. The summed E-state index contributed by atoms with van der Waals surface area (Å²) in [5.74, 6) is 0.274. The lowest BCUT2D eigenvalue weighted by molar-refractivity contribution is 0.0571. The van der Waals surface area contributed by atoms with E-state index in [2.05, 4.69) is 4.72 Å². The average molecular weight is 343 g/mol. The molecule has 1 aliphatic heterocycles. The van der Waals surface area contributed by atoms with Crippen molar-refractivity contribution in [1.29, 1.82) is 0 Å². The van der Waals surface area contributed by atoms with Gasteiger partial charge >= 0.3 is 0 Å². The summed E-state index contributed by atoms with van der Waals surface area (Å²) < 4.78 is 47.2. The highest BCUT2D eigenvalue weighted by Crippen LogP contribution is 2.34. The molecule has 1 aliphatic rings. The van der Waals surface area contributed by atoms with Crippen LogP contribution in [0.5, 0.6) is 5.75 Å². The number of benzene rings is 1. The van der Waals surface area contributed by atoms with Crippen molar-refractivity contribution in [2.45, 2.75) is 70.3 Å². The van der Waals surface area contributed by atoms with Gasteiger partial charge in [-0.15, -0.1) is 0 Å². The second-order valence-corrected chi connectivity index (χ2v) is 8.96. The minimum absolute atomic E-state index is 0.343. The van der Waals surface area contributed by atoms with Gasteiger partial charge in [0.05, 0.1) is 11.3 Å². The van der Waals surface area contributed by atoms with Crippen LogP contribution in [0.15, 0.2) is 18.2 Å². The Hall–Kier alpha value is -1.14. The van der Waals surface area contributed by atoms with E-state index in [1.54, 1.807) is 13.0 Å². The van der Waals surface area contributed by atoms with E-state index < -0.39 is 26.9 Å². The summed E-state index contributed by atoms with van der Waals surface area (Å²) in [6.45, 7) is 7.46. The van der Waals surface area contributed by atoms with Crippen LogP contribution in [0.3, 0.4) is 0 Å². The highest BCUT2D eigenvalue weighted by atomic mass is 32.2. The van der Waals surface area contributed by atoms with Crippen molar-refractivity contribution in [2.75, 3.05) is 0 Å². The van der Waals surface area contributed by atoms with Crippen LogP contribution in [0.1, 0.15) is 52.5 Å². The van der Waals surface area contributed by atoms with E-state index >= 15 is 0 Å². The van der Waals surface area contributed by atoms with Crippen molar-refractivity contribution in [3.8, 4) is 5.75 Å². The van der Waals surface area contributed by atoms with Gasteiger partial charge < -0.3 is 4.74 Å². The molecular formula is C17H26FNO3S. The molecule has 0 spiro atoms. The number of halogens is 1. The van der Waals surface area contributed by atoms with Crippen LogP contribution in [0.4, 0.5) is 4.39 Å². The zero-order valence-corrected chi connectivity index (χ0v) is 15.0. The monoisotopic (exact) mass is 343 g/mol. The fourth-order valence-corrected chi connectivity index (χ4v) is 4.25. The van der Waals surface area contributed by atoms with E-state index in [9.17, 15) is 12.8 Å². The zero-order valence-electron chi connectivity index (χ0n) is 14.2. The molecule has 1 aromatic carbocycles. The molecule has 2 atom stereocenters. The molecule has 0 fully saturated rings. The van der Waals surface area contributed by atoms with Gasteiger partial charge in [0, 0.05) is 0 Å². The number of fused-ring (bicyclic) bond motifs is 1. The Labute approximate surface area is 138 Å². The molecule has 0 radical (unpaired) electrons. The van der Waals surface area contributed by atoms with Crippen LogP contribution in [-0.4, -0.2) is 25.3 Å². The minimum Gasteiger partial charge on any atom is -0.486 e. The van der Waals surface area contributed by atoms with Crippen LogP contribution in [-0.2, 0) is 16.4 Å². The smallest absolute Gasteiger partial charge is 0.214 e. The largest absolute Gasteiger partial charge is 0.486 e. The summed E-state index contributed by atoms with van der Waals surface area (Å²) >= 11 is 0. The first kappa shape index (κ1) is 18.2. The topological polar surface area (TPSA) is 55.4 Å². The standard InChI is InChI=1S/C17H26FNO3S/c1-5-6-7-12(2)23(20,21)19-16-11-13-10-14(18)8-9-15(13)22-17(16,3)4/h8-10,12,16,19H,5-7,11H2,1-4H3. The first-order valence-electron chi connectivity index (χ1n) is 8.14. The van der Waals surface area contributed by atoms with Gasteiger partial charge in [-0.1, -0.05) is 19.8 Å². The van der Waals surface area contributed by atoms with Crippen LogP contribution in [0.2, 0.25) is 0 Å². The maximum atomic E-state index is 13.4. The first-order chi connectivity index (χ1) is 10.7. The molecule has 1 N–H and O–H groups in total. The third-order valence-electron chi connectivity index (χ3n) is 4.46. The van der Waals surface area contributed by atoms with E-state index in [0.717, 1.165) is 12.8 Å². The highest BCUT2D eigenvalue weighted by molar-refractivity contribution is 7.90. The number of hydrogen-bond donors (Lipinski definition) is 1. The maximum Gasteiger partial charge on any atom is 0.214 e. The molecule has 0 saturated carbocycles. The van der Waals surface area contributed by atoms with Crippen LogP contribution in [0.25, 0.3) is 0 Å². The van der Waals surface area contributed by atoms with E-state index in [1.807, 2.05) is 20.8 Å². The molecule has 4 nitrogen and oxygen atoms in total. The molecule has 1 aromatic rings. The van der Waals surface area contributed by atoms with Crippen molar-refractivity contribution >= 4 is 10.0 Å². The maximum absolute atomic E-state index is 13.4. The molecule has 0 amide bonds. The Morgan fingerprint density at radius 1 is 1.43 bits per heavy atom. The van der Waals surface area contributed by atoms with Crippen molar-refractivity contribution < 1.29 is 17.5 Å². The normalized spacial score (nSPS) is 21.3. The molecule has 2 rings (SSSR count). The molecule has 6 heteroatoms. The van der Waals surface area contributed by atoms with Gasteiger partial charge in [-0.2, -0.15) is 0 Å². The predicted octanol–water partition coefficient (Wildman–Crippen LogP) is 3.41. The van der Waals surface area contributed by atoms with Crippen LogP contribution >= 0.6 is 0 Å². The highest BCUT2D eigenvalue weighted by Gasteiger charge is 2.40. The fraction of sp³-hybridized carbons (Fsp3) is 0.647. The molecule has 0 aliphatic carbocycles. The van der Waals surface area contributed by atoms with E-state index in [-0.39, 0.29) is 5.82 Å². The second kappa shape index (κ2) is 6.77.